The number of rotatable bonds is 48. The van der Waals surface area contributed by atoms with E-state index in [1.807, 2.05) is 6.08 Å². The molecule has 0 aliphatic carbocycles. The van der Waals surface area contributed by atoms with Crippen LogP contribution in [0, 0.1) is 0 Å². The predicted octanol–water partition coefficient (Wildman–Crippen LogP) is 18.1. The molecule has 0 fully saturated rings. The Kier molecular flexibility index (Phi) is 50.9. The second-order valence-electron chi connectivity index (χ2n) is 17.7. The summed E-state index contributed by atoms with van der Waals surface area (Å²) < 4.78 is 16.7. The second kappa shape index (κ2) is 53.9. The standard InChI is InChI=1S/C60H100O6/c1-4-7-10-13-16-19-22-25-27-29-30-31-33-35-38-41-44-47-50-53-59(62)65-56-57(55-64-58(61)52-49-46-43-40-37-34-24-21-18-15-12-9-6-3)66-60(63)54-51-48-45-42-39-36-32-28-26-23-20-17-14-11-8-5-2/h7,10,16,19,25,27-28,30-32,34-35,37-38,43,46,57H,4-6,8-9,11-15,17-18,20-24,26,29,33,36,39-42,44-45,47-56H2,1-3H3/b10-7-,19-16-,27-25-,31-30-,32-28-,37-34-,38-35-,46-43-. The first-order valence-electron chi connectivity index (χ1n) is 27.2. The molecule has 66 heavy (non-hydrogen) atoms. The highest BCUT2D eigenvalue weighted by Gasteiger charge is 2.19. The molecule has 0 saturated heterocycles. The van der Waals surface area contributed by atoms with E-state index in [1.165, 1.54) is 96.3 Å². The molecule has 0 bridgehead atoms. The minimum Gasteiger partial charge on any atom is -0.462 e. The van der Waals surface area contributed by atoms with E-state index in [4.69, 9.17) is 14.2 Å². The summed E-state index contributed by atoms with van der Waals surface area (Å²) in [4.78, 5) is 38.0. The van der Waals surface area contributed by atoms with Gasteiger partial charge in [-0.2, -0.15) is 0 Å². The predicted molar refractivity (Wildman–Crippen MR) is 284 cm³/mol. The van der Waals surface area contributed by atoms with Gasteiger partial charge in [-0.15, -0.1) is 0 Å². The highest BCUT2D eigenvalue weighted by atomic mass is 16.6. The Morgan fingerprint density at radius 1 is 0.318 bits per heavy atom. The summed E-state index contributed by atoms with van der Waals surface area (Å²) in [5.74, 6) is -1.02. The third-order valence-electron chi connectivity index (χ3n) is 11.3. The first-order chi connectivity index (χ1) is 32.5. The number of ether oxygens (including phenoxy) is 3. The molecular formula is C60H100O6. The SMILES string of the molecule is CC/C=C\C/C=C\C/C=C\C/C=C\C/C=C\CCCCCC(=O)OCC(COC(=O)CC/C=C\C/C=C\CCCCCCCC)OC(=O)CCCCCCC/C=C\CCCCCCCCC. The van der Waals surface area contributed by atoms with Crippen molar-refractivity contribution in [2.45, 2.75) is 252 Å². The molecule has 6 nitrogen and oxygen atoms in total. The van der Waals surface area contributed by atoms with E-state index in [0.717, 1.165) is 103 Å². The molecule has 0 aliphatic heterocycles. The lowest BCUT2D eigenvalue weighted by molar-refractivity contribution is -0.166. The molecule has 0 aromatic rings. The maximum Gasteiger partial charge on any atom is 0.306 e. The third-order valence-corrected chi connectivity index (χ3v) is 11.3. The highest BCUT2D eigenvalue weighted by Crippen LogP contribution is 2.13. The van der Waals surface area contributed by atoms with Gasteiger partial charge < -0.3 is 14.2 Å². The van der Waals surface area contributed by atoms with Crippen LogP contribution in [0.3, 0.4) is 0 Å². The van der Waals surface area contributed by atoms with Gasteiger partial charge in [-0.1, -0.05) is 214 Å². The summed E-state index contributed by atoms with van der Waals surface area (Å²) in [5, 5.41) is 0. The average molecular weight is 917 g/mol. The van der Waals surface area contributed by atoms with Crippen LogP contribution in [-0.4, -0.2) is 37.2 Å². The zero-order valence-corrected chi connectivity index (χ0v) is 42.9. The van der Waals surface area contributed by atoms with E-state index in [0.29, 0.717) is 19.3 Å². The monoisotopic (exact) mass is 917 g/mol. The van der Waals surface area contributed by atoms with E-state index in [2.05, 4.69) is 112 Å². The number of unbranched alkanes of at least 4 members (excludes halogenated alkanes) is 21. The van der Waals surface area contributed by atoms with Crippen molar-refractivity contribution in [3.05, 3.63) is 97.2 Å². The number of hydrogen-bond acceptors (Lipinski definition) is 6. The summed E-state index contributed by atoms with van der Waals surface area (Å²) >= 11 is 0. The molecular weight excluding hydrogens is 817 g/mol. The Morgan fingerprint density at radius 3 is 1.05 bits per heavy atom. The van der Waals surface area contributed by atoms with Crippen molar-refractivity contribution < 1.29 is 28.6 Å². The molecule has 376 valence electrons. The van der Waals surface area contributed by atoms with E-state index in [9.17, 15) is 14.4 Å². The van der Waals surface area contributed by atoms with Gasteiger partial charge in [-0.05, 0) is 109 Å². The van der Waals surface area contributed by atoms with Crippen molar-refractivity contribution in [1.82, 2.24) is 0 Å². The van der Waals surface area contributed by atoms with Gasteiger partial charge >= 0.3 is 17.9 Å². The van der Waals surface area contributed by atoms with Crippen LogP contribution in [0.25, 0.3) is 0 Å². The van der Waals surface area contributed by atoms with Gasteiger partial charge in [-0.3, -0.25) is 14.4 Å². The Hall–Kier alpha value is -3.67. The lowest BCUT2D eigenvalue weighted by Gasteiger charge is -2.18. The van der Waals surface area contributed by atoms with Crippen molar-refractivity contribution in [1.29, 1.82) is 0 Å². The minimum absolute atomic E-state index is 0.116. The van der Waals surface area contributed by atoms with Crippen molar-refractivity contribution in [3.63, 3.8) is 0 Å². The topological polar surface area (TPSA) is 78.9 Å². The summed E-state index contributed by atoms with van der Waals surface area (Å²) in [5.41, 5.74) is 0. The van der Waals surface area contributed by atoms with Gasteiger partial charge in [0.05, 0.1) is 0 Å². The number of hydrogen-bond donors (Lipinski definition) is 0. The van der Waals surface area contributed by atoms with Crippen LogP contribution in [0.4, 0.5) is 0 Å². The van der Waals surface area contributed by atoms with Crippen LogP contribution in [0.5, 0.6) is 0 Å². The van der Waals surface area contributed by atoms with Gasteiger partial charge in [0.25, 0.3) is 0 Å². The first-order valence-corrected chi connectivity index (χ1v) is 27.2. The van der Waals surface area contributed by atoms with Crippen LogP contribution in [0.2, 0.25) is 0 Å². The van der Waals surface area contributed by atoms with Crippen LogP contribution in [0.1, 0.15) is 245 Å². The summed E-state index contributed by atoms with van der Waals surface area (Å²) in [7, 11) is 0. The van der Waals surface area contributed by atoms with E-state index in [-0.39, 0.29) is 37.5 Å². The maximum absolute atomic E-state index is 12.8. The van der Waals surface area contributed by atoms with E-state index < -0.39 is 6.10 Å². The Morgan fingerprint density at radius 2 is 0.621 bits per heavy atom. The van der Waals surface area contributed by atoms with Crippen LogP contribution in [-0.2, 0) is 28.6 Å². The molecule has 0 N–H and O–H groups in total. The molecule has 0 aromatic heterocycles. The zero-order valence-electron chi connectivity index (χ0n) is 42.9. The van der Waals surface area contributed by atoms with Gasteiger partial charge in [0.1, 0.15) is 13.2 Å². The average Bonchev–Trinajstić information content (AvgIpc) is 3.31. The largest absolute Gasteiger partial charge is 0.462 e. The molecule has 0 aliphatic rings. The maximum atomic E-state index is 12.8. The third kappa shape index (κ3) is 51.3. The second-order valence-corrected chi connectivity index (χ2v) is 17.7. The fourth-order valence-corrected chi connectivity index (χ4v) is 7.22. The van der Waals surface area contributed by atoms with Crippen molar-refractivity contribution in [2.75, 3.05) is 13.2 Å². The van der Waals surface area contributed by atoms with Crippen LogP contribution < -0.4 is 0 Å². The van der Waals surface area contributed by atoms with Crippen molar-refractivity contribution in [3.8, 4) is 0 Å². The van der Waals surface area contributed by atoms with Gasteiger partial charge in [0.15, 0.2) is 6.10 Å². The molecule has 6 heteroatoms. The summed E-state index contributed by atoms with van der Waals surface area (Å²) in [6, 6.07) is 0. The van der Waals surface area contributed by atoms with Crippen LogP contribution >= 0.6 is 0 Å². The number of allylic oxidation sites excluding steroid dienone is 16. The molecule has 0 rings (SSSR count). The zero-order chi connectivity index (χ0) is 47.9. The van der Waals surface area contributed by atoms with Crippen molar-refractivity contribution >= 4 is 17.9 Å². The number of carbonyl (C=O) groups excluding carboxylic acids is 3. The summed E-state index contributed by atoms with van der Waals surface area (Å²) in [6.07, 6.45) is 71.2. The Bertz CT molecular complexity index is 1330. The summed E-state index contributed by atoms with van der Waals surface area (Å²) in [6.45, 7) is 6.42. The normalized spacial score (nSPS) is 12.8. The molecule has 0 radical (unpaired) electrons. The smallest absolute Gasteiger partial charge is 0.306 e. The quantitative estimate of drug-likeness (QED) is 0.0262. The molecule has 0 saturated carbocycles. The molecule has 0 amide bonds. The van der Waals surface area contributed by atoms with E-state index in [1.54, 1.807) is 0 Å². The molecule has 1 atom stereocenters. The first kappa shape index (κ1) is 62.3. The molecule has 0 aromatic carbocycles. The Balaban J connectivity index is 4.51. The van der Waals surface area contributed by atoms with Gasteiger partial charge in [-0.25, -0.2) is 0 Å². The highest BCUT2D eigenvalue weighted by molar-refractivity contribution is 5.71. The Labute approximate surface area is 407 Å². The molecule has 0 heterocycles. The lowest BCUT2D eigenvalue weighted by atomic mass is 10.1. The molecule has 1 unspecified atom stereocenters. The number of carbonyl (C=O) groups is 3. The molecule has 0 spiro atoms. The number of esters is 3. The minimum atomic E-state index is -0.819. The van der Waals surface area contributed by atoms with Gasteiger partial charge in [0.2, 0.25) is 0 Å². The van der Waals surface area contributed by atoms with Crippen LogP contribution in [0.15, 0.2) is 97.2 Å². The van der Waals surface area contributed by atoms with E-state index >= 15 is 0 Å². The fraction of sp³-hybridized carbons (Fsp3) is 0.683. The van der Waals surface area contributed by atoms with Crippen molar-refractivity contribution in [2.24, 2.45) is 0 Å². The lowest BCUT2D eigenvalue weighted by Crippen LogP contribution is -2.30. The fourth-order valence-electron chi connectivity index (χ4n) is 7.22. The van der Waals surface area contributed by atoms with Gasteiger partial charge in [0, 0.05) is 19.3 Å².